The first-order valence-electron chi connectivity index (χ1n) is 16.7. The number of nitro benzene ring substituents is 2. The van der Waals surface area contributed by atoms with E-state index in [4.69, 9.17) is 9.47 Å². The Kier molecular flexibility index (Phi) is 11.9. The number of hydrogen-bond acceptors (Lipinski definition) is 13. The molecule has 2 fully saturated rings. The van der Waals surface area contributed by atoms with Crippen molar-refractivity contribution in [2.75, 3.05) is 20.1 Å². The molecule has 0 bridgehead atoms. The van der Waals surface area contributed by atoms with Gasteiger partial charge < -0.3 is 39.5 Å². The summed E-state index contributed by atoms with van der Waals surface area (Å²) >= 11 is 1.20. The smallest absolute Gasteiger partial charge is 0.410 e. The summed E-state index contributed by atoms with van der Waals surface area (Å²) < 4.78 is 10.8. The molecule has 284 valence electrons. The van der Waals surface area contributed by atoms with E-state index in [0.29, 0.717) is 16.0 Å². The molecule has 7 atom stereocenters. The van der Waals surface area contributed by atoms with E-state index in [9.17, 15) is 54.7 Å². The van der Waals surface area contributed by atoms with Gasteiger partial charge in [0, 0.05) is 60.5 Å². The van der Waals surface area contributed by atoms with Gasteiger partial charge in [-0.1, -0.05) is 6.92 Å². The number of β-lactam (4-membered cyclic amide) rings is 1. The topological polar surface area (TPSA) is 243 Å². The summed E-state index contributed by atoms with van der Waals surface area (Å²) in [6, 6.07) is 9.61. The lowest BCUT2D eigenvalue weighted by atomic mass is 9.79. The minimum atomic E-state index is -1.29. The highest BCUT2D eigenvalue weighted by molar-refractivity contribution is 8.03. The van der Waals surface area contributed by atoms with Gasteiger partial charge in [-0.3, -0.25) is 25.0 Å². The van der Waals surface area contributed by atoms with Crippen LogP contribution in [0.4, 0.5) is 21.0 Å². The molecule has 18 nitrogen and oxygen atoms in total. The van der Waals surface area contributed by atoms with Gasteiger partial charge in [0.25, 0.3) is 11.4 Å². The van der Waals surface area contributed by atoms with Crippen LogP contribution in [-0.2, 0) is 32.3 Å². The molecule has 3 amide bonds. The minimum Gasteiger partial charge on any atom is -0.477 e. The molecule has 19 heteroatoms. The second-order valence-corrected chi connectivity index (χ2v) is 14.5. The number of carboxylic acids is 1. The summed E-state index contributed by atoms with van der Waals surface area (Å²) in [6.07, 6.45) is -3.44. The van der Waals surface area contributed by atoms with E-state index in [0.717, 1.165) is 0 Å². The molecule has 0 spiro atoms. The number of ether oxygens (including phenoxy) is 2. The van der Waals surface area contributed by atoms with Crippen LogP contribution in [0.2, 0.25) is 0 Å². The van der Waals surface area contributed by atoms with Crippen LogP contribution in [0.15, 0.2) is 59.1 Å². The van der Waals surface area contributed by atoms with Crippen LogP contribution in [-0.4, -0.2) is 114 Å². The SMILES string of the molecule is CC(O)[C@H]1C(=O)N2C(C(=O)O)=C(S[C@H]3C[C@@H](C(O)CCN(C)C(=O)OCc4ccc([N+](=O)[O-])cc4)N(C(=O)OCc4ccc([N+](=O)[O-])cc4)C3)[C@@H](C)[C@H]12. The number of benzene rings is 2. The standard InChI is InChI=1S/C34H39N5O13S/c1-18-28-27(19(2)40)31(42)37(28)29(32(43)44)30(18)53-24-14-25(36(15-24)34(46)52-17-21-6-10-23(11-7-21)39(49)50)26(41)12-13-35(3)33(45)51-16-20-4-8-22(9-5-20)38(47)48/h4-11,18-19,24-28,40-41H,12-17H2,1-3H3,(H,43,44)/t18-,19?,24-,25-,26?,27+,28+/m0/s1. The van der Waals surface area contributed by atoms with Gasteiger partial charge in [-0.2, -0.15) is 0 Å². The summed E-state index contributed by atoms with van der Waals surface area (Å²) in [5.41, 5.74) is 0.607. The van der Waals surface area contributed by atoms with Gasteiger partial charge in [0.1, 0.15) is 18.9 Å². The molecule has 2 unspecified atom stereocenters. The van der Waals surface area contributed by atoms with E-state index in [1.54, 1.807) is 6.92 Å². The quantitative estimate of drug-likeness (QED) is 0.142. The summed E-state index contributed by atoms with van der Waals surface area (Å²) in [6.45, 7) is 2.96. The summed E-state index contributed by atoms with van der Waals surface area (Å²) in [7, 11) is 1.46. The monoisotopic (exact) mass is 757 g/mol. The predicted molar refractivity (Wildman–Crippen MR) is 186 cm³/mol. The Balaban J connectivity index is 1.26. The molecule has 0 aromatic heterocycles. The number of aliphatic hydroxyl groups excluding tert-OH is 2. The largest absolute Gasteiger partial charge is 0.477 e. The molecule has 2 aromatic rings. The number of hydrogen-bond donors (Lipinski definition) is 3. The molecule has 53 heavy (non-hydrogen) atoms. The number of nitro groups is 2. The maximum absolute atomic E-state index is 13.5. The first kappa shape index (κ1) is 38.9. The Morgan fingerprint density at radius 2 is 1.53 bits per heavy atom. The molecule has 0 saturated carbocycles. The van der Waals surface area contributed by atoms with Crippen LogP contribution in [0.25, 0.3) is 0 Å². The van der Waals surface area contributed by atoms with Crippen LogP contribution in [0, 0.1) is 32.1 Å². The molecule has 3 heterocycles. The number of aliphatic hydroxyl groups is 2. The lowest BCUT2D eigenvalue weighted by molar-refractivity contribution is -0.385. The van der Waals surface area contributed by atoms with Crippen LogP contribution in [0.3, 0.4) is 0 Å². The number of carboxylic acid groups (broad SMARTS) is 1. The van der Waals surface area contributed by atoms with E-state index < -0.39 is 75.3 Å². The number of non-ortho nitro benzene ring substituents is 2. The minimum absolute atomic E-state index is 0.0111. The maximum Gasteiger partial charge on any atom is 0.410 e. The van der Waals surface area contributed by atoms with E-state index in [-0.39, 0.29) is 56.2 Å². The Morgan fingerprint density at radius 3 is 2.04 bits per heavy atom. The highest BCUT2D eigenvalue weighted by Crippen LogP contribution is 2.52. The zero-order valence-electron chi connectivity index (χ0n) is 29.0. The van der Waals surface area contributed by atoms with Gasteiger partial charge in [-0.05, 0) is 55.2 Å². The number of fused-ring (bicyclic) bond motifs is 1. The number of carbonyl (C=O) groups excluding carboxylic acids is 3. The number of nitrogens with zero attached hydrogens (tertiary/aromatic N) is 5. The number of likely N-dealkylation sites (tertiary alicyclic amines) is 1. The highest BCUT2D eigenvalue weighted by atomic mass is 32.2. The second kappa shape index (κ2) is 16.2. The zero-order chi connectivity index (χ0) is 38.7. The zero-order valence-corrected chi connectivity index (χ0v) is 29.8. The Morgan fingerprint density at radius 1 is 0.981 bits per heavy atom. The number of rotatable bonds is 14. The van der Waals surface area contributed by atoms with Crippen molar-refractivity contribution in [3.63, 3.8) is 0 Å². The fourth-order valence-electron chi connectivity index (χ4n) is 6.86. The van der Waals surface area contributed by atoms with Crippen molar-refractivity contribution < 1.29 is 53.8 Å². The fourth-order valence-corrected chi connectivity index (χ4v) is 8.40. The van der Waals surface area contributed by atoms with Crippen molar-refractivity contribution in [3.8, 4) is 0 Å². The first-order chi connectivity index (χ1) is 25.1. The predicted octanol–water partition coefficient (Wildman–Crippen LogP) is 3.49. The normalized spacial score (nSPS) is 23.2. The van der Waals surface area contributed by atoms with E-state index >= 15 is 0 Å². The number of carbonyl (C=O) groups is 4. The van der Waals surface area contributed by atoms with Crippen molar-refractivity contribution >= 4 is 47.2 Å². The molecule has 0 radical (unpaired) electrons. The van der Waals surface area contributed by atoms with Gasteiger partial charge in [-0.15, -0.1) is 11.8 Å². The van der Waals surface area contributed by atoms with Crippen molar-refractivity contribution in [3.05, 3.63) is 90.5 Å². The third-order valence-electron chi connectivity index (χ3n) is 9.68. The fraction of sp³-hybridized carbons (Fsp3) is 0.471. The Bertz CT molecular complexity index is 1790. The average molecular weight is 758 g/mol. The third kappa shape index (κ3) is 8.36. The molecule has 5 rings (SSSR count). The van der Waals surface area contributed by atoms with Crippen LogP contribution in [0.1, 0.15) is 37.8 Å². The van der Waals surface area contributed by atoms with Crippen LogP contribution < -0.4 is 0 Å². The molecule has 3 aliphatic rings. The molecule has 3 N–H and O–H groups in total. The van der Waals surface area contributed by atoms with Gasteiger partial charge in [-0.25, -0.2) is 14.4 Å². The molecule has 0 aliphatic carbocycles. The van der Waals surface area contributed by atoms with Crippen LogP contribution >= 0.6 is 11.8 Å². The van der Waals surface area contributed by atoms with Crippen molar-refractivity contribution in [2.45, 2.75) is 69.4 Å². The van der Waals surface area contributed by atoms with E-state index in [1.165, 1.54) is 89.0 Å². The molecule has 3 aliphatic heterocycles. The van der Waals surface area contributed by atoms with E-state index in [2.05, 4.69) is 0 Å². The van der Waals surface area contributed by atoms with Gasteiger partial charge in [0.2, 0.25) is 5.91 Å². The second-order valence-electron chi connectivity index (χ2n) is 13.2. The average Bonchev–Trinajstić information content (AvgIpc) is 3.65. The van der Waals surface area contributed by atoms with E-state index in [1.807, 2.05) is 0 Å². The number of aliphatic carboxylic acids is 1. The van der Waals surface area contributed by atoms with Crippen molar-refractivity contribution in [2.24, 2.45) is 11.8 Å². The third-order valence-corrected chi connectivity index (χ3v) is 11.2. The Hall–Kier alpha value is -5.27. The summed E-state index contributed by atoms with van der Waals surface area (Å²) in [5.74, 6) is -2.94. The van der Waals surface area contributed by atoms with Crippen molar-refractivity contribution in [1.82, 2.24) is 14.7 Å². The molecule has 2 aromatic carbocycles. The van der Waals surface area contributed by atoms with Crippen molar-refractivity contribution in [1.29, 1.82) is 0 Å². The molecular weight excluding hydrogens is 718 g/mol. The highest BCUT2D eigenvalue weighted by Gasteiger charge is 2.60. The first-order valence-corrected chi connectivity index (χ1v) is 17.6. The molecule has 2 saturated heterocycles. The van der Waals surface area contributed by atoms with Gasteiger partial charge >= 0.3 is 18.2 Å². The lowest BCUT2D eigenvalue weighted by Crippen LogP contribution is -2.63. The van der Waals surface area contributed by atoms with Gasteiger partial charge in [0.15, 0.2) is 0 Å². The Labute approximate surface area is 307 Å². The van der Waals surface area contributed by atoms with Gasteiger partial charge in [0.05, 0.1) is 40.1 Å². The lowest BCUT2D eigenvalue weighted by Gasteiger charge is -2.46. The summed E-state index contributed by atoms with van der Waals surface area (Å²) in [5, 5.41) is 53.2. The number of amides is 3. The van der Waals surface area contributed by atoms with Crippen LogP contribution in [0.5, 0.6) is 0 Å². The summed E-state index contributed by atoms with van der Waals surface area (Å²) in [4.78, 5) is 76.4. The molecular formula is C34H39N5O13S. The number of thioether (sulfide) groups is 1. The maximum atomic E-state index is 13.5.